The first-order valence-electron chi connectivity index (χ1n) is 7.60. The molecule has 0 atom stereocenters. The maximum absolute atomic E-state index is 10.9. The minimum absolute atomic E-state index is 0. The van der Waals surface area contributed by atoms with E-state index in [4.69, 9.17) is 0 Å². The summed E-state index contributed by atoms with van der Waals surface area (Å²) in [6.45, 7) is 17.7. The average Bonchev–Trinajstić information content (AvgIpc) is 2.13. The van der Waals surface area contributed by atoms with Crippen LogP contribution < -0.4 is 0 Å². The van der Waals surface area contributed by atoms with E-state index in [1.807, 2.05) is 6.92 Å². The van der Waals surface area contributed by atoms with Crippen LogP contribution in [0.4, 0.5) is 0 Å². The fourth-order valence-corrected chi connectivity index (χ4v) is 1.56. The van der Waals surface area contributed by atoms with Crippen molar-refractivity contribution in [2.24, 2.45) is 17.3 Å². The van der Waals surface area contributed by atoms with E-state index in [1.54, 1.807) is 0 Å². The second-order valence-corrected chi connectivity index (χ2v) is 7.38. The first kappa shape index (κ1) is 23.7. The number of hydrogen-bond donors (Lipinski definition) is 0. The Morgan fingerprint density at radius 1 is 1.00 bits per heavy atom. The van der Waals surface area contributed by atoms with Gasteiger partial charge in [-0.1, -0.05) is 69.2 Å². The lowest BCUT2D eigenvalue weighted by Crippen LogP contribution is -2.05. The van der Waals surface area contributed by atoms with E-state index in [2.05, 4.69) is 48.5 Å². The quantitative estimate of drug-likeness (QED) is 0.539. The van der Waals surface area contributed by atoms with Crippen molar-refractivity contribution < 1.29 is 4.79 Å². The molecule has 0 rings (SSSR count). The molecule has 0 aliphatic carbocycles. The van der Waals surface area contributed by atoms with Crippen LogP contribution in [0.25, 0.3) is 0 Å². The highest BCUT2D eigenvalue weighted by Gasteiger charge is 2.09. The van der Waals surface area contributed by atoms with Gasteiger partial charge in [-0.15, -0.1) is 0 Å². The summed E-state index contributed by atoms with van der Waals surface area (Å²) < 4.78 is 0. The normalized spacial score (nSPS) is 10.8. The Bertz CT molecular complexity index is 196. The van der Waals surface area contributed by atoms with Gasteiger partial charge in [0.2, 0.25) is 0 Å². The summed E-state index contributed by atoms with van der Waals surface area (Å²) in [5, 5.41) is 0. The molecule has 1 nitrogen and oxygen atoms in total. The van der Waals surface area contributed by atoms with Gasteiger partial charge in [0.1, 0.15) is 5.78 Å². The topological polar surface area (TPSA) is 17.1 Å². The van der Waals surface area contributed by atoms with Gasteiger partial charge in [0.15, 0.2) is 0 Å². The van der Waals surface area contributed by atoms with Crippen LogP contribution in [0.2, 0.25) is 0 Å². The summed E-state index contributed by atoms with van der Waals surface area (Å²) in [5.74, 6) is 1.81. The van der Waals surface area contributed by atoms with Crippen LogP contribution >= 0.6 is 0 Å². The molecule has 0 aromatic carbocycles. The van der Waals surface area contributed by atoms with Crippen molar-refractivity contribution in [2.75, 3.05) is 0 Å². The SMILES string of the molecule is C.CC(C)CCC(C)(C)C.CCCC(=O)CC(C)C. The molecule has 0 radical (unpaired) electrons. The van der Waals surface area contributed by atoms with Crippen LogP contribution in [0.1, 0.15) is 94.9 Å². The summed E-state index contributed by atoms with van der Waals surface area (Å²) in [7, 11) is 0. The molecule has 0 N–H and O–H groups in total. The molecule has 118 valence electrons. The second-order valence-electron chi connectivity index (χ2n) is 7.38. The smallest absolute Gasteiger partial charge is 0.133 e. The van der Waals surface area contributed by atoms with Gasteiger partial charge in [0.05, 0.1) is 0 Å². The molecule has 0 unspecified atom stereocenters. The lowest BCUT2D eigenvalue weighted by atomic mass is 9.88. The molecule has 0 aliphatic rings. The highest BCUT2D eigenvalue weighted by atomic mass is 16.1. The van der Waals surface area contributed by atoms with Crippen molar-refractivity contribution in [3.8, 4) is 0 Å². The van der Waals surface area contributed by atoms with Crippen molar-refractivity contribution in [3.05, 3.63) is 0 Å². The molecule has 0 heterocycles. The third-order valence-electron chi connectivity index (χ3n) is 2.64. The zero-order valence-corrected chi connectivity index (χ0v) is 14.1. The van der Waals surface area contributed by atoms with Crippen molar-refractivity contribution in [1.82, 2.24) is 0 Å². The van der Waals surface area contributed by atoms with Crippen LogP contribution in [-0.4, -0.2) is 5.78 Å². The molecule has 0 saturated heterocycles. The van der Waals surface area contributed by atoms with Crippen molar-refractivity contribution in [3.63, 3.8) is 0 Å². The van der Waals surface area contributed by atoms with E-state index in [0.717, 1.165) is 25.2 Å². The second kappa shape index (κ2) is 12.7. The van der Waals surface area contributed by atoms with Crippen LogP contribution in [0.5, 0.6) is 0 Å². The van der Waals surface area contributed by atoms with E-state index >= 15 is 0 Å². The van der Waals surface area contributed by atoms with E-state index in [-0.39, 0.29) is 7.43 Å². The minimum Gasteiger partial charge on any atom is -0.300 e. The van der Waals surface area contributed by atoms with Gasteiger partial charge < -0.3 is 0 Å². The van der Waals surface area contributed by atoms with E-state index < -0.39 is 0 Å². The van der Waals surface area contributed by atoms with Gasteiger partial charge in [0, 0.05) is 12.8 Å². The Morgan fingerprint density at radius 2 is 1.47 bits per heavy atom. The first-order chi connectivity index (χ1) is 8.08. The summed E-state index contributed by atoms with van der Waals surface area (Å²) in [6, 6.07) is 0. The lowest BCUT2D eigenvalue weighted by molar-refractivity contribution is -0.119. The predicted molar refractivity (Wildman–Crippen MR) is 89.6 cm³/mol. The molecule has 0 spiro atoms. The maximum Gasteiger partial charge on any atom is 0.133 e. The summed E-state index contributed by atoms with van der Waals surface area (Å²) in [4.78, 5) is 10.9. The molecule has 0 amide bonds. The van der Waals surface area contributed by atoms with Crippen LogP contribution in [0, 0.1) is 17.3 Å². The molecule has 0 aromatic rings. The number of hydrogen-bond acceptors (Lipinski definition) is 1. The van der Waals surface area contributed by atoms with Crippen molar-refractivity contribution >= 4 is 5.78 Å². The Morgan fingerprint density at radius 3 is 1.68 bits per heavy atom. The summed E-state index contributed by atoms with van der Waals surface area (Å²) >= 11 is 0. The van der Waals surface area contributed by atoms with Gasteiger partial charge in [-0.05, 0) is 30.1 Å². The molecule has 19 heavy (non-hydrogen) atoms. The minimum atomic E-state index is 0. The zero-order valence-electron chi connectivity index (χ0n) is 14.1. The average molecular weight is 273 g/mol. The third-order valence-corrected chi connectivity index (χ3v) is 2.64. The lowest BCUT2D eigenvalue weighted by Gasteiger charge is -2.18. The molecule has 0 saturated carbocycles. The van der Waals surface area contributed by atoms with E-state index in [9.17, 15) is 4.79 Å². The third kappa shape index (κ3) is 27.0. The van der Waals surface area contributed by atoms with Crippen LogP contribution in [0.15, 0.2) is 0 Å². The first-order valence-corrected chi connectivity index (χ1v) is 7.60. The highest BCUT2D eigenvalue weighted by molar-refractivity contribution is 5.78. The molecular weight excluding hydrogens is 232 g/mol. The fraction of sp³-hybridized carbons (Fsp3) is 0.944. The van der Waals surface area contributed by atoms with Gasteiger partial charge in [-0.3, -0.25) is 4.79 Å². The molecule has 1 heteroatoms. The largest absolute Gasteiger partial charge is 0.300 e. The Hall–Kier alpha value is -0.330. The van der Waals surface area contributed by atoms with Gasteiger partial charge in [-0.25, -0.2) is 0 Å². The van der Waals surface area contributed by atoms with Crippen LogP contribution in [0.3, 0.4) is 0 Å². The summed E-state index contributed by atoms with van der Waals surface area (Å²) in [5.41, 5.74) is 0.532. The molecule has 0 aliphatic heterocycles. The fourth-order valence-electron chi connectivity index (χ4n) is 1.56. The Kier molecular flexibility index (Phi) is 15.9. The molecule has 0 aromatic heterocycles. The molecule has 0 bridgehead atoms. The maximum atomic E-state index is 10.9. The Labute approximate surface area is 123 Å². The monoisotopic (exact) mass is 272 g/mol. The standard InChI is InChI=1S/C9H20.C8H16O.CH4/c1-8(2)6-7-9(3,4)5;1-4-5-8(9)6-7(2)3;/h8H,6-7H2,1-5H3;7H,4-6H2,1-3H3;1H4. The van der Waals surface area contributed by atoms with Gasteiger partial charge >= 0.3 is 0 Å². The van der Waals surface area contributed by atoms with Gasteiger partial charge in [0.25, 0.3) is 0 Å². The Balaban J connectivity index is -0.000000256. The number of carbonyl (C=O) groups excluding carboxylic acids is 1. The number of carbonyl (C=O) groups is 1. The van der Waals surface area contributed by atoms with Gasteiger partial charge in [-0.2, -0.15) is 0 Å². The number of ketones is 1. The highest BCUT2D eigenvalue weighted by Crippen LogP contribution is 2.22. The van der Waals surface area contributed by atoms with Crippen LogP contribution in [-0.2, 0) is 4.79 Å². The van der Waals surface area contributed by atoms with E-state index in [0.29, 0.717) is 17.1 Å². The number of rotatable bonds is 6. The zero-order chi connectivity index (χ0) is 14.8. The molecular formula is C18H40O. The van der Waals surface area contributed by atoms with Crippen molar-refractivity contribution in [2.45, 2.75) is 94.9 Å². The van der Waals surface area contributed by atoms with Crippen molar-refractivity contribution in [1.29, 1.82) is 0 Å². The van der Waals surface area contributed by atoms with E-state index in [1.165, 1.54) is 12.8 Å². The molecule has 0 fully saturated rings. The summed E-state index contributed by atoms with van der Waals surface area (Å²) in [6.07, 6.45) is 5.23. The predicted octanol–water partition coefficient (Wildman–Crippen LogP) is 6.51. The number of Topliss-reactive ketones (excluding diaryl/α,β-unsaturated/α-hetero) is 1.